The van der Waals surface area contributed by atoms with Crippen molar-refractivity contribution in [3.05, 3.63) is 59.9 Å². The van der Waals surface area contributed by atoms with Gasteiger partial charge in [-0.2, -0.15) is 10.2 Å². The SMILES string of the molecule is Cn1nccc1-c1nn(Cc2ccccc2)cc1C(=O)O. The number of carboxylic acid groups (broad SMARTS) is 1. The van der Waals surface area contributed by atoms with Crippen molar-refractivity contribution in [1.29, 1.82) is 0 Å². The standard InChI is InChI=1S/C15H14N4O2/c1-18-13(7-8-16-18)14-12(15(20)21)10-19(17-14)9-11-5-3-2-4-6-11/h2-8,10H,9H2,1H3,(H,20,21). The highest BCUT2D eigenvalue weighted by atomic mass is 16.4. The maximum atomic E-state index is 11.4. The third-order valence-electron chi connectivity index (χ3n) is 3.24. The molecule has 0 radical (unpaired) electrons. The number of carbonyl (C=O) groups is 1. The van der Waals surface area contributed by atoms with E-state index in [4.69, 9.17) is 0 Å². The minimum Gasteiger partial charge on any atom is -0.478 e. The van der Waals surface area contributed by atoms with Gasteiger partial charge in [0, 0.05) is 19.4 Å². The topological polar surface area (TPSA) is 72.9 Å². The van der Waals surface area contributed by atoms with Crippen molar-refractivity contribution >= 4 is 5.97 Å². The van der Waals surface area contributed by atoms with Gasteiger partial charge in [0.2, 0.25) is 0 Å². The first-order chi connectivity index (χ1) is 10.1. The Labute approximate surface area is 121 Å². The van der Waals surface area contributed by atoms with Crippen LogP contribution in [0, 0.1) is 0 Å². The van der Waals surface area contributed by atoms with Crippen molar-refractivity contribution in [2.75, 3.05) is 0 Å². The van der Waals surface area contributed by atoms with E-state index in [-0.39, 0.29) is 5.56 Å². The van der Waals surface area contributed by atoms with Crippen LogP contribution in [0.3, 0.4) is 0 Å². The monoisotopic (exact) mass is 282 g/mol. The van der Waals surface area contributed by atoms with Gasteiger partial charge in [-0.05, 0) is 11.6 Å². The van der Waals surface area contributed by atoms with E-state index >= 15 is 0 Å². The third kappa shape index (κ3) is 2.55. The van der Waals surface area contributed by atoms with Crippen LogP contribution in [0.15, 0.2) is 48.8 Å². The normalized spacial score (nSPS) is 10.7. The van der Waals surface area contributed by atoms with Crippen LogP contribution in [0.2, 0.25) is 0 Å². The highest BCUT2D eigenvalue weighted by Crippen LogP contribution is 2.21. The molecular formula is C15H14N4O2. The third-order valence-corrected chi connectivity index (χ3v) is 3.24. The molecule has 0 fully saturated rings. The van der Waals surface area contributed by atoms with Crippen LogP contribution in [-0.4, -0.2) is 30.6 Å². The Hall–Kier alpha value is -2.89. The molecule has 6 heteroatoms. The first-order valence-electron chi connectivity index (χ1n) is 6.48. The summed E-state index contributed by atoms with van der Waals surface area (Å²) >= 11 is 0. The second-order valence-electron chi connectivity index (χ2n) is 4.72. The molecule has 21 heavy (non-hydrogen) atoms. The molecule has 0 amide bonds. The summed E-state index contributed by atoms with van der Waals surface area (Å²) in [6.45, 7) is 0.527. The number of benzene rings is 1. The fourth-order valence-corrected chi connectivity index (χ4v) is 2.22. The maximum Gasteiger partial charge on any atom is 0.339 e. The molecule has 3 rings (SSSR count). The molecule has 106 valence electrons. The van der Waals surface area contributed by atoms with Crippen molar-refractivity contribution in [3.8, 4) is 11.4 Å². The first kappa shape index (κ1) is 13.1. The molecule has 0 unspecified atom stereocenters. The van der Waals surface area contributed by atoms with Crippen LogP contribution < -0.4 is 0 Å². The van der Waals surface area contributed by atoms with Crippen LogP contribution in [0.4, 0.5) is 0 Å². The number of hydrogen-bond donors (Lipinski definition) is 1. The summed E-state index contributed by atoms with van der Waals surface area (Å²) in [5.74, 6) is -0.995. The van der Waals surface area contributed by atoms with Crippen LogP contribution >= 0.6 is 0 Å². The second kappa shape index (κ2) is 5.24. The summed E-state index contributed by atoms with van der Waals surface area (Å²) in [5, 5.41) is 17.8. The van der Waals surface area contributed by atoms with E-state index in [9.17, 15) is 9.90 Å². The molecular weight excluding hydrogens is 268 g/mol. The van der Waals surface area contributed by atoms with Gasteiger partial charge in [0.15, 0.2) is 0 Å². The quantitative estimate of drug-likeness (QED) is 0.794. The predicted molar refractivity (Wildman–Crippen MR) is 76.9 cm³/mol. The smallest absolute Gasteiger partial charge is 0.339 e. The van der Waals surface area contributed by atoms with Crippen molar-refractivity contribution in [3.63, 3.8) is 0 Å². The van der Waals surface area contributed by atoms with E-state index in [1.165, 1.54) is 0 Å². The molecule has 0 saturated carbocycles. The minimum absolute atomic E-state index is 0.175. The molecule has 0 spiro atoms. The van der Waals surface area contributed by atoms with Crippen LogP contribution in [0.1, 0.15) is 15.9 Å². The number of aromatic nitrogens is 4. The van der Waals surface area contributed by atoms with Gasteiger partial charge in [-0.3, -0.25) is 9.36 Å². The van der Waals surface area contributed by atoms with Crippen molar-refractivity contribution in [2.45, 2.75) is 6.54 Å². The molecule has 6 nitrogen and oxygen atoms in total. The zero-order valence-corrected chi connectivity index (χ0v) is 11.5. The molecule has 3 aromatic rings. The number of carboxylic acids is 1. The number of aromatic carboxylic acids is 1. The van der Waals surface area contributed by atoms with Crippen molar-refractivity contribution in [2.24, 2.45) is 7.05 Å². The van der Waals surface area contributed by atoms with E-state index in [0.29, 0.717) is 17.9 Å². The molecule has 0 aliphatic heterocycles. The molecule has 0 aliphatic carbocycles. The minimum atomic E-state index is -0.995. The van der Waals surface area contributed by atoms with E-state index in [1.54, 1.807) is 34.9 Å². The Bertz CT molecular complexity index is 774. The molecule has 1 N–H and O–H groups in total. The molecule has 0 aliphatic rings. The number of hydrogen-bond acceptors (Lipinski definition) is 3. The van der Waals surface area contributed by atoms with Crippen LogP contribution in [0.25, 0.3) is 11.4 Å². The fraction of sp³-hybridized carbons (Fsp3) is 0.133. The molecule has 0 atom stereocenters. The number of nitrogens with zero attached hydrogens (tertiary/aromatic N) is 4. The van der Waals surface area contributed by atoms with Gasteiger partial charge in [0.1, 0.15) is 11.3 Å². The average molecular weight is 282 g/mol. The Morgan fingerprint density at radius 3 is 2.62 bits per heavy atom. The highest BCUT2D eigenvalue weighted by Gasteiger charge is 2.19. The van der Waals surface area contributed by atoms with E-state index in [1.807, 2.05) is 30.3 Å². The van der Waals surface area contributed by atoms with Crippen LogP contribution in [0.5, 0.6) is 0 Å². The first-order valence-corrected chi connectivity index (χ1v) is 6.48. The molecule has 1 aromatic carbocycles. The lowest BCUT2D eigenvalue weighted by atomic mass is 10.2. The van der Waals surface area contributed by atoms with Gasteiger partial charge in [-0.1, -0.05) is 30.3 Å². The Balaban J connectivity index is 2.01. The average Bonchev–Trinajstić information content (AvgIpc) is 3.06. The predicted octanol–water partition coefficient (Wildman–Crippen LogP) is 2.03. The summed E-state index contributed by atoms with van der Waals surface area (Å²) in [6, 6.07) is 11.5. The lowest BCUT2D eigenvalue weighted by Gasteiger charge is -2.01. The lowest BCUT2D eigenvalue weighted by molar-refractivity contribution is 0.0697. The summed E-state index contributed by atoms with van der Waals surface area (Å²) in [7, 11) is 1.76. The number of aryl methyl sites for hydroxylation is 1. The van der Waals surface area contributed by atoms with Gasteiger partial charge in [-0.15, -0.1) is 0 Å². The lowest BCUT2D eigenvalue weighted by Crippen LogP contribution is -2.01. The van der Waals surface area contributed by atoms with Gasteiger partial charge in [0.25, 0.3) is 0 Å². The summed E-state index contributed by atoms with van der Waals surface area (Å²) < 4.78 is 3.25. The summed E-state index contributed by atoms with van der Waals surface area (Å²) in [6.07, 6.45) is 3.18. The Kier molecular flexibility index (Phi) is 3.27. The molecule has 2 aromatic heterocycles. The van der Waals surface area contributed by atoms with E-state index in [0.717, 1.165) is 5.56 Å². The van der Waals surface area contributed by atoms with E-state index < -0.39 is 5.97 Å². The van der Waals surface area contributed by atoms with Crippen LogP contribution in [-0.2, 0) is 13.6 Å². The molecule has 0 bridgehead atoms. The Morgan fingerprint density at radius 1 is 1.24 bits per heavy atom. The largest absolute Gasteiger partial charge is 0.478 e. The Morgan fingerprint density at radius 2 is 2.00 bits per heavy atom. The van der Waals surface area contributed by atoms with Gasteiger partial charge >= 0.3 is 5.97 Å². The summed E-state index contributed by atoms with van der Waals surface area (Å²) in [4.78, 5) is 11.4. The number of rotatable bonds is 4. The highest BCUT2D eigenvalue weighted by molar-refractivity contribution is 5.94. The van der Waals surface area contributed by atoms with Gasteiger partial charge < -0.3 is 5.11 Å². The second-order valence-corrected chi connectivity index (χ2v) is 4.72. The zero-order chi connectivity index (χ0) is 14.8. The molecule has 0 saturated heterocycles. The van der Waals surface area contributed by atoms with Gasteiger partial charge in [-0.25, -0.2) is 4.79 Å². The zero-order valence-electron chi connectivity index (χ0n) is 11.5. The van der Waals surface area contributed by atoms with Crippen molar-refractivity contribution in [1.82, 2.24) is 19.6 Å². The maximum absolute atomic E-state index is 11.4. The molecule has 2 heterocycles. The fourth-order valence-electron chi connectivity index (χ4n) is 2.22. The summed E-state index contributed by atoms with van der Waals surface area (Å²) in [5.41, 5.74) is 2.35. The van der Waals surface area contributed by atoms with E-state index in [2.05, 4.69) is 10.2 Å². The van der Waals surface area contributed by atoms with Gasteiger partial charge in [0.05, 0.1) is 12.2 Å². The van der Waals surface area contributed by atoms with Crippen molar-refractivity contribution < 1.29 is 9.90 Å².